The van der Waals surface area contributed by atoms with Crippen LogP contribution in [0.1, 0.15) is 31.2 Å². The molecule has 0 radical (unpaired) electrons. The third-order valence-electron chi connectivity index (χ3n) is 5.23. The summed E-state index contributed by atoms with van der Waals surface area (Å²) < 4.78 is 11.2. The van der Waals surface area contributed by atoms with E-state index in [1.807, 2.05) is 24.3 Å². The molecule has 0 aromatic heterocycles. The number of nitrogens with zero attached hydrogens (tertiary/aromatic N) is 1. The zero-order valence-electron chi connectivity index (χ0n) is 16.3. The standard InChI is InChI=1S/C20H31N3O3.2ClH/c21-18-5-2-4-17(14-18)20(24)22-15-16-3-1-6-19(13-16)26-12-9-23-7-10-25-11-8-23;;/h1,3,6,13,17-18H,2,4-5,7-12,14-15,21H2,(H,22,24);2*1H. The van der Waals surface area contributed by atoms with Gasteiger partial charge in [-0.1, -0.05) is 18.6 Å². The van der Waals surface area contributed by atoms with Crippen molar-refractivity contribution >= 4 is 30.7 Å². The molecule has 2 aliphatic rings. The summed E-state index contributed by atoms with van der Waals surface area (Å²) in [5, 5.41) is 3.05. The molecule has 8 heteroatoms. The monoisotopic (exact) mass is 433 g/mol. The number of rotatable bonds is 7. The Balaban J connectivity index is 0.00000196. The molecule has 1 aromatic rings. The van der Waals surface area contributed by atoms with Crippen LogP contribution in [0.25, 0.3) is 0 Å². The Morgan fingerprint density at radius 3 is 2.79 bits per heavy atom. The first-order chi connectivity index (χ1) is 12.7. The first-order valence-electron chi connectivity index (χ1n) is 9.76. The van der Waals surface area contributed by atoms with Crippen LogP contribution >= 0.6 is 24.8 Å². The quantitative estimate of drug-likeness (QED) is 0.689. The fourth-order valence-corrected chi connectivity index (χ4v) is 3.66. The molecule has 160 valence electrons. The highest BCUT2D eigenvalue weighted by Crippen LogP contribution is 2.23. The summed E-state index contributed by atoms with van der Waals surface area (Å²) in [7, 11) is 0. The zero-order valence-corrected chi connectivity index (χ0v) is 17.9. The zero-order chi connectivity index (χ0) is 18.2. The number of nitrogens with two attached hydrogens (primary N) is 1. The molecular formula is C20H33Cl2N3O3. The van der Waals surface area contributed by atoms with Crippen molar-refractivity contribution in [3.05, 3.63) is 29.8 Å². The molecular weight excluding hydrogens is 401 g/mol. The summed E-state index contributed by atoms with van der Waals surface area (Å²) in [5.41, 5.74) is 7.04. The SMILES string of the molecule is Cl.Cl.NC1CCCC(C(=O)NCc2cccc(OCCN3CCOCC3)c2)C1. The molecule has 2 fully saturated rings. The minimum absolute atomic E-state index is 0. The lowest BCUT2D eigenvalue weighted by Crippen LogP contribution is -2.38. The Hall–Kier alpha value is -1.05. The molecule has 28 heavy (non-hydrogen) atoms. The van der Waals surface area contributed by atoms with E-state index in [4.69, 9.17) is 15.2 Å². The van der Waals surface area contributed by atoms with Crippen LogP contribution in [0.5, 0.6) is 5.75 Å². The average molecular weight is 434 g/mol. The molecule has 6 nitrogen and oxygen atoms in total. The van der Waals surface area contributed by atoms with Crippen molar-refractivity contribution in [3.63, 3.8) is 0 Å². The van der Waals surface area contributed by atoms with Gasteiger partial charge in [-0.05, 0) is 37.0 Å². The molecule has 1 saturated heterocycles. The van der Waals surface area contributed by atoms with E-state index in [1.165, 1.54) is 0 Å². The number of amides is 1. The summed E-state index contributed by atoms with van der Waals surface area (Å²) in [6, 6.07) is 8.13. The molecule has 1 heterocycles. The van der Waals surface area contributed by atoms with Crippen molar-refractivity contribution < 1.29 is 14.3 Å². The topological polar surface area (TPSA) is 76.8 Å². The van der Waals surface area contributed by atoms with E-state index < -0.39 is 0 Å². The normalized spacial score (nSPS) is 22.5. The predicted molar refractivity (Wildman–Crippen MR) is 115 cm³/mol. The molecule has 2 atom stereocenters. The maximum Gasteiger partial charge on any atom is 0.223 e. The maximum atomic E-state index is 12.3. The highest BCUT2D eigenvalue weighted by molar-refractivity contribution is 5.85. The van der Waals surface area contributed by atoms with Crippen molar-refractivity contribution in [1.29, 1.82) is 0 Å². The third kappa shape index (κ3) is 8.13. The molecule has 2 unspecified atom stereocenters. The summed E-state index contributed by atoms with van der Waals surface area (Å²) in [4.78, 5) is 14.7. The Kier molecular flexibility index (Phi) is 11.8. The van der Waals surface area contributed by atoms with E-state index in [1.54, 1.807) is 0 Å². The van der Waals surface area contributed by atoms with Gasteiger partial charge in [0.15, 0.2) is 0 Å². The number of hydrogen-bond acceptors (Lipinski definition) is 5. The molecule has 1 aliphatic carbocycles. The van der Waals surface area contributed by atoms with Crippen molar-refractivity contribution in [2.45, 2.75) is 38.3 Å². The fourth-order valence-electron chi connectivity index (χ4n) is 3.66. The first kappa shape index (κ1) is 25.0. The molecule has 1 saturated carbocycles. The average Bonchev–Trinajstić information content (AvgIpc) is 2.67. The maximum absolute atomic E-state index is 12.3. The highest BCUT2D eigenvalue weighted by Gasteiger charge is 2.24. The minimum atomic E-state index is 0. The van der Waals surface area contributed by atoms with Gasteiger partial charge in [-0.15, -0.1) is 24.8 Å². The van der Waals surface area contributed by atoms with E-state index in [9.17, 15) is 4.79 Å². The van der Waals surface area contributed by atoms with Crippen LogP contribution in [0.2, 0.25) is 0 Å². The van der Waals surface area contributed by atoms with Crippen LogP contribution < -0.4 is 15.8 Å². The number of halogens is 2. The van der Waals surface area contributed by atoms with Crippen LogP contribution in [-0.2, 0) is 16.1 Å². The molecule has 3 rings (SSSR count). The van der Waals surface area contributed by atoms with Gasteiger partial charge in [0.1, 0.15) is 12.4 Å². The number of nitrogens with one attached hydrogen (secondary N) is 1. The van der Waals surface area contributed by atoms with E-state index in [0.29, 0.717) is 13.2 Å². The number of carbonyl (C=O) groups excluding carboxylic acids is 1. The highest BCUT2D eigenvalue weighted by atomic mass is 35.5. The van der Waals surface area contributed by atoms with Gasteiger partial charge in [-0.25, -0.2) is 0 Å². The van der Waals surface area contributed by atoms with Crippen molar-refractivity contribution in [1.82, 2.24) is 10.2 Å². The fraction of sp³-hybridized carbons (Fsp3) is 0.650. The van der Waals surface area contributed by atoms with E-state index in [2.05, 4.69) is 10.2 Å². The van der Waals surface area contributed by atoms with Gasteiger partial charge in [0.25, 0.3) is 0 Å². The summed E-state index contributed by atoms with van der Waals surface area (Å²) >= 11 is 0. The second-order valence-corrected chi connectivity index (χ2v) is 7.29. The number of ether oxygens (including phenoxy) is 2. The number of benzene rings is 1. The smallest absolute Gasteiger partial charge is 0.223 e. The van der Waals surface area contributed by atoms with Crippen molar-refractivity contribution in [3.8, 4) is 5.75 Å². The Morgan fingerprint density at radius 1 is 1.25 bits per heavy atom. The summed E-state index contributed by atoms with van der Waals surface area (Å²) in [6.07, 6.45) is 3.83. The Bertz CT molecular complexity index is 586. The van der Waals surface area contributed by atoms with Crippen molar-refractivity contribution in [2.24, 2.45) is 11.7 Å². The molecule has 3 N–H and O–H groups in total. The first-order valence-corrected chi connectivity index (χ1v) is 9.76. The molecule has 1 amide bonds. The number of carbonyl (C=O) groups is 1. The lowest BCUT2D eigenvalue weighted by atomic mass is 9.85. The lowest BCUT2D eigenvalue weighted by Gasteiger charge is -2.26. The Morgan fingerprint density at radius 2 is 2.04 bits per heavy atom. The van der Waals surface area contributed by atoms with Gasteiger partial charge in [0.2, 0.25) is 5.91 Å². The van der Waals surface area contributed by atoms with Crippen LogP contribution in [0.4, 0.5) is 0 Å². The molecule has 1 aromatic carbocycles. The van der Waals surface area contributed by atoms with Gasteiger partial charge in [-0.2, -0.15) is 0 Å². The van der Waals surface area contributed by atoms with Gasteiger partial charge >= 0.3 is 0 Å². The molecule has 0 bridgehead atoms. The van der Waals surface area contributed by atoms with Gasteiger partial charge in [0, 0.05) is 38.1 Å². The summed E-state index contributed by atoms with van der Waals surface area (Å²) in [5.74, 6) is 1.04. The third-order valence-corrected chi connectivity index (χ3v) is 5.23. The van der Waals surface area contributed by atoms with E-state index >= 15 is 0 Å². The number of morpholine rings is 1. The van der Waals surface area contributed by atoms with Crippen molar-refractivity contribution in [2.75, 3.05) is 39.5 Å². The van der Waals surface area contributed by atoms with Gasteiger partial charge < -0.3 is 20.5 Å². The lowest BCUT2D eigenvalue weighted by molar-refractivity contribution is -0.126. The summed E-state index contributed by atoms with van der Waals surface area (Å²) in [6.45, 7) is 5.66. The van der Waals surface area contributed by atoms with E-state index in [-0.39, 0.29) is 42.7 Å². The predicted octanol–water partition coefficient (Wildman–Crippen LogP) is 2.37. The second-order valence-electron chi connectivity index (χ2n) is 7.29. The van der Waals surface area contributed by atoms with Crippen LogP contribution in [0.3, 0.4) is 0 Å². The Labute approximate surface area is 180 Å². The van der Waals surface area contributed by atoms with Crippen LogP contribution in [-0.4, -0.2) is 56.3 Å². The molecule has 1 aliphatic heterocycles. The number of hydrogen-bond donors (Lipinski definition) is 2. The second kappa shape index (κ2) is 13.2. The molecule has 0 spiro atoms. The van der Waals surface area contributed by atoms with Gasteiger partial charge in [0.05, 0.1) is 13.2 Å². The minimum Gasteiger partial charge on any atom is -0.492 e. The van der Waals surface area contributed by atoms with E-state index in [0.717, 1.165) is 69.8 Å². The largest absolute Gasteiger partial charge is 0.492 e. The van der Waals surface area contributed by atoms with Crippen LogP contribution in [0, 0.1) is 5.92 Å². The van der Waals surface area contributed by atoms with Crippen LogP contribution in [0.15, 0.2) is 24.3 Å². The van der Waals surface area contributed by atoms with Gasteiger partial charge in [-0.3, -0.25) is 9.69 Å².